The standard InChI is InChI=1S/C22H19N3O5/c1-30-19-12-15(11-18(20(19)26)25(28)29)21-23-17-10-6-5-9-16(17)22(27)24(21)13-14-7-3-2-4-8-14/h2-12,21,23,26H,13H2,1H3/t21-/m1/s1. The number of carbonyl (C=O) groups excluding carboxylic acids is 1. The lowest BCUT2D eigenvalue weighted by molar-refractivity contribution is -0.386. The molecule has 0 spiro atoms. The number of aromatic hydroxyl groups is 1. The minimum atomic E-state index is -0.694. The lowest BCUT2D eigenvalue weighted by Gasteiger charge is -2.38. The number of hydrogen-bond acceptors (Lipinski definition) is 6. The highest BCUT2D eigenvalue weighted by Crippen LogP contribution is 2.42. The smallest absolute Gasteiger partial charge is 0.315 e. The molecule has 3 aromatic carbocycles. The van der Waals surface area contributed by atoms with Gasteiger partial charge in [-0.3, -0.25) is 14.9 Å². The lowest BCUT2D eigenvalue weighted by atomic mass is 10.0. The van der Waals surface area contributed by atoms with Gasteiger partial charge in [0, 0.05) is 23.9 Å². The number of methoxy groups -OCH3 is 1. The topological polar surface area (TPSA) is 105 Å². The quantitative estimate of drug-likeness (QED) is 0.490. The van der Waals surface area contributed by atoms with Gasteiger partial charge in [-0.2, -0.15) is 0 Å². The Balaban J connectivity index is 1.84. The van der Waals surface area contributed by atoms with E-state index in [1.165, 1.54) is 19.2 Å². The molecule has 30 heavy (non-hydrogen) atoms. The van der Waals surface area contributed by atoms with Crippen LogP contribution in [0.2, 0.25) is 0 Å². The molecule has 1 aliphatic rings. The van der Waals surface area contributed by atoms with Crippen LogP contribution in [-0.4, -0.2) is 27.9 Å². The Morgan fingerprint density at radius 3 is 2.53 bits per heavy atom. The fraction of sp³-hybridized carbons (Fsp3) is 0.136. The predicted octanol–water partition coefficient (Wildman–Crippen LogP) is 4.08. The van der Waals surface area contributed by atoms with Gasteiger partial charge in [0.1, 0.15) is 6.17 Å². The van der Waals surface area contributed by atoms with Crippen LogP contribution < -0.4 is 10.1 Å². The van der Waals surface area contributed by atoms with Gasteiger partial charge in [0.25, 0.3) is 5.91 Å². The van der Waals surface area contributed by atoms with Crippen LogP contribution in [0.15, 0.2) is 66.7 Å². The zero-order chi connectivity index (χ0) is 21.3. The van der Waals surface area contributed by atoms with Gasteiger partial charge in [-0.15, -0.1) is 0 Å². The number of amides is 1. The number of nitro benzene ring substituents is 1. The number of anilines is 1. The van der Waals surface area contributed by atoms with Crippen LogP contribution in [-0.2, 0) is 6.54 Å². The first-order valence-corrected chi connectivity index (χ1v) is 9.25. The Morgan fingerprint density at radius 1 is 1.13 bits per heavy atom. The highest BCUT2D eigenvalue weighted by atomic mass is 16.6. The van der Waals surface area contributed by atoms with Crippen molar-refractivity contribution >= 4 is 17.3 Å². The Labute approximate surface area is 172 Å². The van der Waals surface area contributed by atoms with Crippen LogP contribution in [0.25, 0.3) is 0 Å². The second kappa shape index (κ2) is 7.75. The van der Waals surface area contributed by atoms with Gasteiger partial charge in [0.15, 0.2) is 5.75 Å². The van der Waals surface area contributed by atoms with Crippen molar-refractivity contribution in [2.75, 3.05) is 12.4 Å². The average molecular weight is 405 g/mol. The first kappa shape index (κ1) is 19.3. The maximum absolute atomic E-state index is 13.3. The Kier molecular flexibility index (Phi) is 4.97. The van der Waals surface area contributed by atoms with Crippen molar-refractivity contribution in [1.29, 1.82) is 0 Å². The van der Waals surface area contributed by atoms with Crippen molar-refractivity contribution in [2.45, 2.75) is 12.7 Å². The molecule has 0 aromatic heterocycles. The monoisotopic (exact) mass is 405 g/mol. The molecule has 8 nitrogen and oxygen atoms in total. The Hall–Kier alpha value is -4.07. The second-order valence-corrected chi connectivity index (χ2v) is 6.86. The molecular weight excluding hydrogens is 386 g/mol. The van der Waals surface area contributed by atoms with Crippen molar-refractivity contribution in [3.63, 3.8) is 0 Å². The number of benzene rings is 3. The van der Waals surface area contributed by atoms with Crippen LogP contribution in [0.3, 0.4) is 0 Å². The molecule has 0 saturated carbocycles. The van der Waals surface area contributed by atoms with Crippen LogP contribution in [0.5, 0.6) is 11.5 Å². The summed E-state index contributed by atoms with van der Waals surface area (Å²) in [6, 6.07) is 19.3. The number of nitro groups is 1. The molecule has 8 heteroatoms. The largest absolute Gasteiger partial charge is 0.500 e. The summed E-state index contributed by atoms with van der Waals surface area (Å²) in [6.45, 7) is 0.294. The first-order valence-electron chi connectivity index (χ1n) is 9.25. The summed E-state index contributed by atoms with van der Waals surface area (Å²) in [5.41, 5.74) is 2.00. The highest BCUT2D eigenvalue weighted by molar-refractivity contribution is 6.01. The maximum atomic E-state index is 13.3. The van der Waals surface area contributed by atoms with Gasteiger partial charge >= 0.3 is 5.69 Å². The molecule has 2 N–H and O–H groups in total. The molecular formula is C22H19N3O5. The maximum Gasteiger partial charge on any atom is 0.315 e. The molecule has 0 radical (unpaired) electrons. The van der Waals surface area contributed by atoms with Gasteiger partial charge in [-0.05, 0) is 23.8 Å². The van der Waals surface area contributed by atoms with E-state index in [1.807, 2.05) is 36.4 Å². The molecule has 1 heterocycles. The molecule has 152 valence electrons. The van der Waals surface area contributed by atoms with E-state index in [9.17, 15) is 20.0 Å². The zero-order valence-corrected chi connectivity index (χ0v) is 16.1. The van der Waals surface area contributed by atoms with Gasteiger partial charge in [-0.25, -0.2) is 0 Å². The minimum Gasteiger partial charge on any atom is -0.500 e. The number of hydrogen-bond donors (Lipinski definition) is 2. The number of nitrogens with zero attached hydrogens (tertiary/aromatic N) is 2. The fourth-order valence-electron chi connectivity index (χ4n) is 3.57. The lowest BCUT2D eigenvalue weighted by Crippen LogP contribution is -2.42. The van der Waals surface area contributed by atoms with E-state index >= 15 is 0 Å². The molecule has 0 unspecified atom stereocenters. The van der Waals surface area contributed by atoms with Gasteiger partial charge in [-0.1, -0.05) is 42.5 Å². The van der Waals surface area contributed by atoms with Gasteiger partial charge in [0.05, 0.1) is 17.6 Å². The summed E-state index contributed by atoms with van der Waals surface area (Å²) in [6.07, 6.45) is -0.694. The fourth-order valence-corrected chi connectivity index (χ4v) is 3.57. The number of para-hydroxylation sites is 1. The molecule has 0 saturated heterocycles. The van der Waals surface area contributed by atoms with Crippen molar-refractivity contribution < 1.29 is 19.6 Å². The third-order valence-corrected chi connectivity index (χ3v) is 5.03. The van der Waals surface area contributed by atoms with E-state index in [-0.39, 0.29) is 11.7 Å². The van der Waals surface area contributed by atoms with E-state index in [2.05, 4.69) is 5.32 Å². The van der Waals surface area contributed by atoms with Crippen molar-refractivity contribution in [3.8, 4) is 11.5 Å². The van der Waals surface area contributed by atoms with Crippen molar-refractivity contribution in [3.05, 3.63) is 93.5 Å². The van der Waals surface area contributed by atoms with Crippen molar-refractivity contribution in [2.24, 2.45) is 0 Å². The van der Waals surface area contributed by atoms with Crippen molar-refractivity contribution in [1.82, 2.24) is 4.90 Å². The molecule has 1 amide bonds. The normalized spacial score (nSPS) is 15.3. The number of phenolic OH excluding ortho intramolecular Hbond substituents is 1. The second-order valence-electron chi connectivity index (χ2n) is 6.86. The number of nitrogens with one attached hydrogen (secondary N) is 1. The Bertz CT molecular complexity index is 1120. The zero-order valence-electron chi connectivity index (χ0n) is 16.1. The molecule has 0 aliphatic carbocycles. The molecule has 4 rings (SSSR count). The minimum absolute atomic E-state index is 0.0352. The molecule has 0 fully saturated rings. The van der Waals surface area contributed by atoms with Crippen LogP contribution in [0, 0.1) is 10.1 Å². The summed E-state index contributed by atoms with van der Waals surface area (Å²) in [5, 5.41) is 24.9. The van der Waals surface area contributed by atoms with Crippen LogP contribution in [0.1, 0.15) is 27.7 Å². The van der Waals surface area contributed by atoms with Crippen LogP contribution >= 0.6 is 0 Å². The number of carbonyl (C=O) groups is 1. The molecule has 1 aliphatic heterocycles. The molecule has 1 atom stereocenters. The highest BCUT2D eigenvalue weighted by Gasteiger charge is 2.35. The summed E-state index contributed by atoms with van der Waals surface area (Å²) in [7, 11) is 1.32. The average Bonchev–Trinajstić information content (AvgIpc) is 2.76. The van der Waals surface area contributed by atoms with E-state index in [0.717, 1.165) is 5.56 Å². The summed E-state index contributed by atoms with van der Waals surface area (Å²) in [5.74, 6) is -0.789. The third kappa shape index (κ3) is 3.39. The van der Waals surface area contributed by atoms with Gasteiger partial charge in [0.2, 0.25) is 5.75 Å². The summed E-state index contributed by atoms with van der Waals surface area (Å²) < 4.78 is 5.13. The predicted molar refractivity (Wildman–Crippen MR) is 110 cm³/mol. The number of rotatable bonds is 5. The van der Waals surface area contributed by atoms with Crippen LogP contribution in [0.4, 0.5) is 11.4 Å². The van der Waals surface area contributed by atoms with E-state index in [1.54, 1.807) is 23.1 Å². The van der Waals surface area contributed by atoms with E-state index in [0.29, 0.717) is 23.4 Å². The first-order chi connectivity index (χ1) is 14.5. The summed E-state index contributed by atoms with van der Waals surface area (Å²) in [4.78, 5) is 25.7. The number of fused-ring (bicyclic) bond motifs is 1. The number of phenols is 1. The third-order valence-electron chi connectivity index (χ3n) is 5.03. The summed E-state index contributed by atoms with van der Waals surface area (Å²) >= 11 is 0. The Morgan fingerprint density at radius 2 is 1.83 bits per heavy atom. The molecule has 3 aromatic rings. The van der Waals surface area contributed by atoms with Gasteiger partial charge < -0.3 is 20.1 Å². The molecule has 0 bridgehead atoms. The van der Waals surface area contributed by atoms with E-state index < -0.39 is 22.5 Å². The SMILES string of the molecule is COc1cc([C@@H]2Nc3ccccc3C(=O)N2Cc2ccccc2)cc([N+](=O)[O-])c1O. The number of ether oxygens (including phenoxy) is 1. The van der Waals surface area contributed by atoms with E-state index in [4.69, 9.17) is 4.74 Å².